The molecule has 0 bridgehead atoms. The van der Waals surface area contributed by atoms with Crippen molar-refractivity contribution < 1.29 is 4.57 Å². The molecular formula is C21H16N5+. The summed E-state index contributed by atoms with van der Waals surface area (Å²) in [6, 6.07) is 16.8. The zero-order valence-corrected chi connectivity index (χ0v) is 14.3. The first-order chi connectivity index (χ1) is 12.8. The zero-order chi connectivity index (χ0) is 17.3. The summed E-state index contributed by atoms with van der Waals surface area (Å²) >= 11 is 0. The van der Waals surface area contributed by atoms with E-state index in [1.54, 1.807) is 0 Å². The summed E-state index contributed by atoms with van der Waals surface area (Å²) in [5.41, 5.74) is 7.05. The van der Waals surface area contributed by atoms with E-state index in [4.69, 9.17) is 0 Å². The number of benzene rings is 1. The second kappa shape index (κ2) is 4.79. The zero-order valence-electron chi connectivity index (χ0n) is 14.3. The number of aryl methyl sites for hydroxylation is 1. The second-order valence-electron chi connectivity index (χ2n) is 6.72. The van der Waals surface area contributed by atoms with Crippen LogP contribution in [0.5, 0.6) is 0 Å². The fourth-order valence-corrected chi connectivity index (χ4v) is 4.28. The summed E-state index contributed by atoms with van der Waals surface area (Å²) in [4.78, 5) is 9.05. The van der Waals surface area contributed by atoms with Crippen molar-refractivity contribution in [1.29, 1.82) is 0 Å². The molecule has 5 nitrogen and oxygen atoms in total. The molecule has 0 spiro atoms. The lowest BCUT2D eigenvalue weighted by Gasteiger charge is -2.03. The molecule has 26 heavy (non-hydrogen) atoms. The van der Waals surface area contributed by atoms with Crippen molar-refractivity contribution >= 4 is 22.1 Å². The number of nitrogens with zero attached hydrogens (tertiary/aromatic N) is 5. The smallest absolute Gasteiger partial charge is 0.264 e. The molecule has 5 aromatic rings. The van der Waals surface area contributed by atoms with E-state index in [-0.39, 0.29) is 0 Å². The van der Waals surface area contributed by atoms with Gasteiger partial charge in [-0.1, -0.05) is 24.3 Å². The van der Waals surface area contributed by atoms with Crippen LogP contribution in [0, 0.1) is 0 Å². The Kier molecular flexibility index (Phi) is 2.54. The van der Waals surface area contributed by atoms with Crippen LogP contribution < -0.4 is 4.57 Å². The summed E-state index contributed by atoms with van der Waals surface area (Å²) in [6.07, 6.45) is 5.71. The molecule has 0 saturated heterocycles. The number of imidazole rings is 1. The van der Waals surface area contributed by atoms with Gasteiger partial charge in [-0.25, -0.2) is 18.7 Å². The minimum Gasteiger partial charge on any atom is -0.264 e. The van der Waals surface area contributed by atoms with Crippen molar-refractivity contribution in [3.05, 3.63) is 72.7 Å². The summed E-state index contributed by atoms with van der Waals surface area (Å²) in [7, 11) is 2.13. The fourth-order valence-electron chi connectivity index (χ4n) is 4.28. The molecule has 1 aliphatic heterocycles. The highest BCUT2D eigenvalue weighted by Crippen LogP contribution is 2.37. The minimum absolute atomic E-state index is 0.846. The second-order valence-corrected chi connectivity index (χ2v) is 6.72. The van der Waals surface area contributed by atoms with Gasteiger partial charge in [-0.2, -0.15) is 0 Å². The Morgan fingerprint density at radius 1 is 1.00 bits per heavy atom. The Labute approximate surface area is 149 Å². The van der Waals surface area contributed by atoms with Crippen LogP contribution in [0.4, 0.5) is 0 Å². The van der Waals surface area contributed by atoms with Gasteiger partial charge in [0.05, 0.1) is 19.0 Å². The van der Waals surface area contributed by atoms with E-state index < -0.39 is 0 Å². The van der Waals surface area contributed by atoms with Gasteiger partial charge >= 0.3 is 0 Å². The number of hydrogen-bond acceptors (Lipinski definition) is 2. The standard InChI is InChI=1S/C21H16N5/c1-24-20-18-14(6-5-10-23-18)13-25(20)19-16-12-22-11-9-17(16)26(21(19)24)15-7-3-2-4-8-15/h2-12H,13H2,1H3/q+1. The largest absolute Gasteiger partial charge is 0.274 e. The number of pyridine rings is 2. The van der Waals surface area contributed by atoms with Crippen LogP contribution in [0.2, 0.25) is 0 Å². The van der Waals surface area contributed by atoms with Gasteiger partial charge in [0.15, 0.2) is 5.52 Å². The molecule has 0 amide bonds. The average molecular weight is 338 g/mol. The number of para-hydroxylation sites is 1. The molecule has 5 heteroatoms. The van der Waals surface area contributed by atoms with Crippen LogP contribution in [0.25, 0.3) is 39.3 Å². The first kappa shape index (κ1) is 13.8. The molecule has 6 rings (SSSR count). The normalized spacial score (nSPS) is 12.7. The van der Waals surface area contributed by atoms with Crippen molar-refractivity contribution in [3.63, 3.8) is 0 Å². The first-order valence-electron chi connectivity index (χ1n) is 8.71. The summed E-state index contributed by atoms with van der Waals surface area (Å²) in [5.74, 6) is 1.15. The SMILES string of the molecule is C[n+]1c2n(c3c4cnccc4n(-c4ccccc4)c31)Cc1cccnc1-2. The lowest BCUT2D eigenvalue weighted by molar-refractivity contribution is -0.636. The van der Waals surface area contributed by atoms with E-state index >= 15 is 0 Å². The molecule has 5 heterocycles. The van der Waals surface area contributed by atoms with Gasteiger partial charge in [-0.05, 0) is 24.3 Å². The summed E-state index contributed by atoms with van der Waals surface area (Å²) in [5, 5.41) is 1.17. The van der Waals surface area contributed by atoms with E-state index in [2.05, 4.69) is 67.1 Å². The molecule has 4 aromatic heterocycles. The lowest BCUT2D eigenvalue weighted by atomic mass is 10.2. The maximum Gasteiger partial charge on any atom is 0.274 e. The maximum atomic E-state index is 4.65. The Bertz CT molecular complexity index is 1310. The fraction of sp³-hybridized carbons (Fsp3) is 0.0952. The molecule has 1 aliphatic rings. The van der Waals surface area contributed by atoms with Gasteiger partial charge in [0, 0.05) is 24.2 Å². The topological polar surface area (TPSA) is 39.5 Å². The third-order valence-corrected chi connectivity index (χ3v) is 5.32. The highest BCUT2D eigenvalue weighted by Gasteiger charge is 2.36. The van der Waals surface area contributed by atoms with E-state index in [1.807, 2.05) is 30.7 Å². The predicted molar refractivity (Wildman–Crippen MR) is 100 cm³/mol. The van der Waals surface area contributed by atoms with Crippen molar-refractivity contribution in [2.75, 3.05) is 0 Å². The predicted octanol–water partition coefficient (Wildman–Crippen LogP) is 3.23. The molecular weight excluding hydrogens is 322 g/mol. The number of aromatic nitrogens is 5. The molecule has 0 N–H and O–H groups in total. The van der Waals surface area contributed by atoms with Gasteiger partial charge in [0.2, 0.25) is 0 Å². The van der Waals surface area contributed by atoms with Crippen LogP contribution in [0.3, 0.4) is 0 Å². The Morgan fingerprint density at radius 2 is 1.88 bits per heavy atom. The maximum absolute atomic E-state index is 4.65. The third-order valence-electron chi connectivity index (χ3n) is 5.32. The molecule has 0 radical (unpaired) electrons. The van der Waals surface area contributed by atoms with E-state index in [1.165, 1.54) is 27.6 Å². The van der Waals surface area contributed by atoms with Crippen molar-refractivity contribution in [2.24, 2.45) is 7.05 Å². The highest BCUT2D eigenvalue weighted by molar-refractivity contribution is 6.05. The number of fused-ring (bicyclic) bond motifs is 7. The van der Waals surface area contributed by atoms with Gasteiger partial charge in [-0.3, -0.25) is 4.98 Å². The van der Waals surface area contributed by atoms with E-state index in [0.29, 0.717) is 0 Å². The minimum atomic E-state index is 0.846. The molecule has 1 aromatic carbocycles. The summed E-state index contributed by atoms with van der Waals surface area (Å²) in [6.45, 7) is 0.846. The molecule has 0 fully saturated rings. The number of hydrogen-bond donors (Lipinski definition) is 0. The highest BCUT2D eigenvalue weighted by atomic mass is 15.3. The lowest BCUT2D eigenvalue weighted by Crippen LogP contribution is -2.31. The van der Waals surface area contributed by atoms with E-state index in [9.17, 15) is 0 Å². The van der Waals surface area contributed by atoms with Crippen LogP contribution >= 0.6 is 0 Å². The Balaban J connectivity index is 1.83. The van der Waals surface area contributed by atoms with E-state index in [0.717, 1.165) is 23.8 Å². The van der Waals surface area contributed by atoms with Gasteiger partial charge in [0.1, 0.15) is 16.9 Å². The van der Waals surface area contributed by atoms with Crippen LogP contribution in [0.1, 0.15) is 5.56 Å². The first-order valence-corrected chi connectivity index (χ1v) is 8.71. The molecule has 0 aliphatic carbocycles. The van der Waals surface area contributed by atoms with Gasteiger partial charge < -0.3 is 0 Å². The Morgan fingerprint density at radius 3 is 2.77 bits per heavy atom. The van der Waals surface area contributed by atoms with Crippen LogP contribution in [-0.2, 0) is 13.6 Å². The van der Waals surface area contributed by atoms with Gasteiger partial charge in [-0.15, -0.1) is 0 Å². The quantitative estimate of drug-likeness (QED) is 0.432. The third kappa shape index (κ3) is 1.57. The molecule has 0 saturated carbocycles. The molecule has 0 unspecified atom stereocenters. The van der Waals surface area contributed by atoms with Crippen LogP contribution in [-0.4, -0.2) is 19.1 Å². The molecule has 124 valence electrons. The van der Waals surface area contributed by atoms with Gasteiger partial charge in [0.25, 0.3) is 11.5 Å². The summed E-state index contributed by atoms with van der Waals surface area (Å²) < 4.78 is 6.96. The monoisotopic (exact) mass is 338 g/mol. The van der Waals surface area contributed by atoms with Crippen molar-refractivity contribution in [2.45, 2.75) is 6.54 Å². The Hall–Kier alpha value is -3.47. The molecule has 0 atom stereocenters. The van der Waals surface area contributed by atoms with Crippen molar-refractivity contribution in [3.8, 4) is 17.2 Å². The van der Waals surface area contributed by atoms with Crippen molar-refractivity contribution in [1.82, 2.24) is 19.1 Å². The number of rotatable bonds is 1. The van der Waals surface area contributed by atoms with Crippen LogP contribution in [0.15, 0.2) is 67.1 Å². The average Bonchev–Trinajstić information content (AvgIpc) is 3.31.